The van der Waals surface area contributed by atoms with Gasteiger partial charge in [-0.1, -0.05) is 30.7 Å². The molecule has 0 saturated carbocycles. The molecule has 1 aromatic heterocycles. The van der Waals surface area contributed by atoms with E-state index >= 15 is 0 Å². The summed E-state index contributed by atoms with van der Waals surface area (Å²) in [4.78, 5) is 4.16. The molecule has 0 fully saturated rings. The van der Waals surface area contributed by atoms with E-state index in [1.807, 2.05) is 30.6 Å². The van der Waals surface area contributed by atoms with Crippen LogP contribution in [0.15, 0.2) is 42.7 Å². The van der Waals surface area contributed by atoms with E-state index in [1.54, 1.807) is 0 Å². The van der Waals surface area contributed by atoms with E-state index in [2.05, 4.69) is 36.3 Å². The molecule has 0 saturated heterocycles. The van der Waals surface area contributed by atoms with Gasteiger partial charge in [0.1, 0.15) is 0 Å². The van der Waals surface area contributed by atoms with Crippen molar-refractivity contribution in [2.24, 2.45) is 0 Å². The second kappa shape index (κ2) is 5.87. The molecule has 2 rings (SSSR count). The predicted octanol–water partition coefficient (Wildman–Crippen LogP) is 4.61. The van der Waals surface area contributed by atoms with Crippen molar-refractivity contribution in [2.75, 3.05) is 5.32 Å². The van der Waals surface area contributed by atoms with Gasteiger partial charge in [0.25, 0.3) is 0 Å². The summed E-state index contributed by atoms with van der Waals surface area (Å²) in [5.74, 6) is 0. The first kappa shape index (κ1) is 12.9. The highest BCUT2D eigenvalue weighted by Crippen LogP contribution is 2.25. The lowest BCUT2D eigenvalue weighted by molar-refractivity contribution is 0.747. The van der Waals surface area contributed by atoms with Crippen LogP contribution in [0.5, 0.6) is 0 Å². The van der Waals surface area contributed by atoms with Gasteiger partial charge in [0.05, 0.1) is 17.9 Å². The molecule has 0 aliphatic rings. The molecule has 0 radical (unpaired) electrons. The standard InChI is InChI=1S/C15H17ClN2/c1-3-14(12-4-6-13(16)7-5-12)18-15-10-17-9-8-11(15)2/h4-10,14,18H,3H2,1-2H3. The summed E-state index contributed by atoms with van der Waals surface area (Å²) < 4.78 is 0. The monoisotopic (exact) mass is 260 g/mol. The topological polar surface area (TPSA) is 24.9 Å². The molecule has 1 N–H and O–H groups in total. The zero-order valence-electron chi connectivity index (χ0n) is 10.7. The van der Waals surface area contributed by atoms with Crippen LogP contribution in [0.1, 0.15) is 30.5 Å². The van der Waals surface area contributed by atoms with Gasteiger partial charge >= 0.3 is 0 Å². The van der Waals surface area contributed by atoms with Crippen LogP contribution in [-0.4, -0.2) is 4.98 Å². The third kappa shape index (κ3) is 3.02. The number of hydrogen-bond donors (Lipinski definition) is 1. The summed E-state index contributed by atoms with van der Waals surface area (Å²) >= 11 is 5.91. The van der Waals surface area contributed by atoms with E-state index in [0.29, 0.717) is 0 Å². The van der Waals surface area contributed by atoms with Gasteiger partial charge in [-0.05, 0) is 42.7 Å². The summed E-state index contributed by atoms with van der Waals surface area (Å²) in [6, 6.07) is 10.3. The number of halogens is 1. The van der Waals surface area contributed by atoms with E-state index in [1.165, 1.54) is 11.1 Å². The Kier molecular flexibility index (Phi) is 4.21. The van der Waals surface area contributed by atoms with Crippen LogP contribution < -0.4 is 5.32 Å². The summed E-state index contributed by atoms with van der Waals surface area (Å²) in [6.45, 7) is 4.25. The molecule has 1 aromatic carbocycles. The average molecular weight is 261 g/mol. The van der Waals surface area contributed by atoms with Gasteiger partial charge in [0.2, 0.25) is 0 Å². The number of aromatic nitrogens is 1. The van der Waals surface area contributed by atoms with Crippen LogP contribution in [0.4, 0.5) is 5.69 Å². The number of nitrogens with one attached hydrogen (secondary N) is 1. The minimum Gasteiger partial charge on any atom is -0.377 e. The molecule has 94 valence electrons. The molecule has 1 heterocycles. The molecule has 18 heavy (non-hydrogen) atoms. The van der Waals surface area contributed by atoms with Crippen LogP contribution >= 0.6 is 11.6 Å². The van der Waals surface area contributed by atoms with Crippen LogP contribution in [-0.2, 0) is 0 Å². The van der Waals surface area contributed by atoms with E-state index in [4.69, 9.17) is 11.6 Å². The number of anilines is 1. The number of rotatable bonds is 4. The Bertz CT molecular complexity index is 508. The molecular formula is C15H17ClN2. The zero-order valence-corrected chi connectivity index (χ0v) is 11.4. The summed E-state index contributed by atoms with van der Waals surface area (Å²) in [5, 5.41) is 4.30. The second-order valence-corrected chi connectivity index (χ2v) is 4.78. The fourth-order valence-corrected chi connectivity index (χ4v) is 2.04. The zero-order chi connectivity index (χ0) is 13.0. The van der Waals surface area contributed by atoms with Gasteiger partial charge in [0, 0.05) is 11.2 Å². The maximum atomic E-state index is 5.91. The molecule has 2 nitrogen and oxygen atoms in total. The minimum absolute atomic E-state index is 0.283. The van der Waals surface area contributed by atoms with Gasteiger partial charge < -0.3 is 5.32 Å². The third-order valence-corrected chi connectivity index (χ3v) is 3.30. The first-order valence-corrected chi connectivity index (χ1v) is 6.51. The average Bonchev–Trinajstić information content (AvgIpc) is 2.39. The Balaban J connectivity index is 2.20. The summed E-state index contributed by atoms with van der Waals surface area (Å²) in [7, 11) is 0. The molecule has 0 aliphatic heterocycles. The van der Waals surface area contributed by atoms with Gasteiger partial charge in [0.15, 0.2) is 0 Å². The third-order valence-electron chi connectivity index (χ3n) is 3.05. The van der Waals surface area contributed by atoms with E-state index in [9.17, 15) is 0 Å². The van der Waals surface area contributed by atoms with Gasteiger partial charge in [-0.25, -0.2) is 0 Å². The highest BCUT2D eigenvalue weighted by Gasteiger charge is 2.10. The van der Waals surface area contributed by atoms with Crippen molar-refractivity contribution in [2.45, 2.75) is 26.3 Å². The molecule has 3 heteroatoms. The van der Waals surface area contributed by atoms with E-state index in [-0.39, 0.29) is 6.04 Å². The van der Waals surface area contributed by atoms with Crippen LogP contribution in [0, 0.1) is 6.92 Å². The quantitative estimate of drug-likeness (QED) is 0.869. The number of hydrogen-bond acceptors (Lipinski definition) is 2. The van der Waals surface area contributed by atoms with Crippen molar-refractivity contribution in [1.29, 1.82) is 0 Å². The Morgan fingerprint density at radius 3 is 2.56 bits per heavy atom. The van der Waals surface area contributed by atoms with E-state index in [0.717, 1.165) is 17.1 Å². The fraction of sp³-hybridized carbons (Fsp3) is 0.267. The smallest absolute Gasteiger partial charge is 0.0561 e. The molecule has 0 spiro atoms. The normalized spacial score (nSPS) is 12.2. The minimum atomic E-state index is 0.283. The van der Waals surface area contributed by atoms with Crippen molar-refractivity contribution in [3.05, 3.63) is 58.9 Å². The highest BCUT2D eigenvalue weighted by atomic mass is 35.5. The fourth-order valence-electron chi connectivity index (χ4n) is 1.92. The van der Waals surface area contributed by atoms with Crippen molar-refractivity contribution in [3.63, 3.8) is 0 Å². The van der Waals surface area contributed by atoms with Gasteiger partial charge in [-0.15, -0.1) is 0 Å². The molecule has 1 unspecified atom stereocenters. The molecule has 0 bridgehead atoms. The summed E-state index contributed by atoms with van der Waals surface area (Å²) in [6.07, 6.45) is 4.69. The van der Waals surface area contributed by atoms with Gasteiger partial charge in [-0.3, -0.25) is 4.98 Å². The SMILES string of the molecule is CCC(Nc1cnccc1C)c1ccc(Cl)cc1. The summed E-state index contributed by atoms with van der Waals surface area (Å²) in [5.41, 5.74) is 3.53. The Morgan fingerprint density at radius 1 is 1.22 bits per heavy atom. The number of aryl methyl sites for hydroxylation is 1. The number of benzene rings is 1. The van der Waals surface area contributed by atoms with Crippen molar-refractivity contribution >= 4 is 17.3 Å². The Morgan fingerprint density at radius 2 is 1.94 bits per heavy atom. The van der Waals surface area contributed by atoms with Crippen LogP contribution in [0.2, 0.25) is 5.02 Å². The second-order valence-electron chi connectivity index (χ2n) is 4.35. The molecule has 0 aliphatic carbocycles. The van der Waals surface area contributed by atoms with Crippen molar-refractivity contribution < 1.29 is 0 Å². The van der Waals surface area contributed by atoms with E-state index < -0.39 is 0 Å². The molecule has 2 aromatic rings. The molecule has 0 amide bonds. The maximum absolute atomic E-state index is 5.91. The molecule has 1 atom stereocenters. The molecular weight excluding hydrogens is 244 g/mol. The lowest BCUT2D eigenvalue weighted by Crippen LogP contribution is -2.10. The Labute approximate surface area is 113 Å². The van der Waals surface area contributed by atoms with Gasteiger partial charge in [-0.2, -0.15) is 0 Å². The van der Waals surface area contributed by atoms with Crippen LogP contribution in [0.25, 0.3) is 0 Å². The van der Waals surface area contributed by atoms with Crippen molar-refractivity contribution in [3.8, 4) is 0 Å². The van der Waals surface area contributed by atoms with Crippen LogP contribution in [0.3, 0.4) is 0 Å². The maximum Gasteiger partial charge on any atom is 0.0561 e. The Hall–Kier alpha value is -1.54. The lowest BCUT2D eigenvalue weighted by atomic mass is 10.0. The first-order valence-electron chi connectivity index (χ1n) is 6.13. The predicted molar refractivity (Wildman–Crippen MR) is 77.1 cm³/mol. The lowest BCUT2D eigenvalue weighted by Gasteiger charge is -2.19. The number of nitrogens with zero attached hydrogens (tertiary/aromatic N) is 1. The highest BCUT2D eigenvalue weighted by molar-refractivity contribution is 6.30. The largest absolute Gasteiger partial charge is 0.377 e. The number of pyridine rings is 1. The first-order chi connectivity index (χ1) is 8.70. The van der Waals surface area contributed by atoms with Crippen molar-refractivity contribution in [1.82, 2.24) is 4.98 Å².